The first-order valence-electron chi connectivity index (χ1n) is 6.11. The average Bonchev–Trinajstić information content (AvgIpc) is 2.39. The Bertz CT molecular complexity index is 479. The van der Waals surface area contributed by atoms with E-state index in [-0.39, 0.29) is 24.4 Å². The van der Waals surface area contributed by atoms with Crippen LogP contribution in [0, 0.1) is 0 Å². The van der Waals surface area contributed by atoms with E-state index in [0.717, 1.165) is 5.56 Å². The molecule has 0 fully saturated rings. The lowest BCUT2D eigenvalue weighted by molar-refractivity contribution is -0.437. The van der Waals surface area contributed by atoms with Gasteiger partial charge in [0, 0.05) is 18.4 Å². The van der Waals surface area contributed by atoms with E-state index in [1.165, 1.54) is 0 Å². The summed E-state index contributed by atoms with van der Waals surface area (Å²) in [6.07, 6.45) is 0.510. The highest BCUT2D eigenvalue weighted by Gasteiger charge is 2.12. The molecule has 0 saturated carbocycles. The third kappa shape index (κ3) is 4.63. The Labute approximate surface area is 111 Å². The Morgan fingerprint density at radius 1 is 1.21 bits per heavy atom. The molecule has 19 heavy (non-hydrogen) atoms. The van der Waals surface area contributed by atoms with Crippen molar-refractivity contribution >= 4 is 17.5 Å². The molecule has 3 N–H and O–H groups in total. The summed E-state index contributed by atoms with van der Waals surface area (Å²) < 4.78 is 0. The third-order valence-corrected chi connectivity index (χ3v) is 2.84. The number of aliphatic carboxylic acids is 1. The van der Waals surface area contributed by atoms with E-state index in [2.05, 4.69) is 5.73 Å². The van der Waals surface area contributed by atoms with Gasteiger partial charge in [-0.2, -0.15) is 0 Å². The predicted molar refractivity (Wildman–Crippen MR) is 66.1 cm³/mol. The summed E-state index contributed by atoms with van der Waals surface area (Å²) in [7, 11) is 0. The number of Topliss-reactive ketones (excluding diaryl/α,β-unsaturated/α-hetero) is 2. The van der Waals surface area contributed by atoms with Crippen LogP contribution in [0.1, 0.15) is 35.7 Å². The maximum Gasteiger partial charge on any atom is 0.170 e. The van der Waals surface area contributed by atoms with Gasteiger partial charge in [0.05, 0.1) is 12.4 Å². The molecule has 5 heteroatoms. The highest BCUT2D eigenvalue weighted by molar-refractivity contribution is 6.07. The van der Waals surface area contributed by atoms with Crippen molar-refractivity contribution in [1.29, 1.82) is 0 Å². The Hall–Kier alpha value is -2.01. The first-order valence-corrected chi connectivity index (χ1v) is 6.11. The molecule has 1 aromatic carbocycles. The summed E-state index contributed by atoms with van der Waals surface area (Å²) in [4.78, 5) is 33.5. The SMILES string of the molecule is CCC(=O)CC(=O)c1ccc(C[C@H]([NH3+])C(=O)[O-])cc1. The minimum Gasteiger partial charge on any atom is -0.544 e. The third-order valence-electron chi connectivity index (χ3n) is 2.84. The zero-order chi connectivity index (χ0) is 14.4. The smallest absolute Gasteiger partial charge is 0.170 e. The van der Waals surface area contributed by atoms with Crippen LogP contribution in [-0.2, 0) is 16.0 Å². The van der Waals surface area contributed by atoms with Crippen LogP contribution in [0.15, 0.2) is 24.3 Å². The fourth-order valence-electron chi connectivity index (χ4n) is 1.60. The Kier molecular flexibility index (Phi) is 5.38. The van der Waals surface area contributed by atoms with Crippen LogP contribution >= 0.6 is 0 Å². The van der Waals surface area contributed by atoms with Crippen LogP contribution in [0.3, 0.4) is 0 Å². The number of rotatable bonds is 7. The number of carboxylic acids is 1. The summed E-state index contributed by atoms with van der Waals surface area (Å²) in [5.74, 6) is -1.51. The number of quaternary nitrogens is 1. The molecule has 0 unspecified atom stereocenters. The number of hydrogen-bond donors (Lipinski definition) is 1. The summed E-state index contributed by atoms with van der Waals surface area (Å²) in [5, 5.41) is 10.6. The fourth-order valence-corrected chi connectivity index (χ4v) is 1.60. The molecule has 0 radical (unpaired) electrons. The quantitative estimate of drug-likeness (QED) is 0.511. The normalized spacial score (nSPS) is 11.9. The molecule has 0 amide bonds. The molecule has 0 spiro atoms. The lowest BCUT2D eigenvalue weighted by atomic mass is 10.0. The number of carbonyl (C=O) groups excluding carboxylic acids is 3. The van der Waals surface area contributed by atoms with Crippen molar-refractivity contribution in [2.75, 3.05) is 0 Å². The molecular weight excluding hydrogens is 246 g/mol. The molecule has 102 valence electrons. The molecule has 0 aromatic heterocycles. The molecule has 0 saturated heterocycles. The van der Waals surface area contributed by atoms with E-state index in [4.69, 9.17) is 0 Å². The zero-order valence-electron chi connectivity index (χ0n) is 10.8. The van der Waals surface area contributed by atoms with Gasteiger partial charge in [0.1, 0.15) is 11.8 Å². The lowest BCUT2D eigenvalue weighted by Crippen LogP contribution is -2.69. The van der Waals surface area contributed by atoms with E-state index >= 15 is 0 Å². The van der Waals surface area contributed by atoms with E-state index in [9.17, 15) is 19.5 Å². The summed E-state index contributed by atoms with van der Waals surface area (Å²) in [6, 6.07) is 5.73. The standard InChI is InChI=1S/C14H17NO4/c1-2-11(16)8-13(17)10-5-3-9(4-6-10)7-12(15)14(18)19/h3-6,12H,2,7-8,15H2,1H3,(H,18,19)/t12-/m0/s1. The van der Waals surface area contributed by atoms with E-state index in [1.54, 1.807) is 31.2 Å². The summed E-state index contributed by atoms with van der Waals surface area (Å²) in [6.45, 7) is 1.72. The maximum atomic E-state index is 11.7. The topological polar surface area (TPSA) is 102 Å². The summed E-state index contributed by atoms with van der Waals surface area (Å²) >= 11 is 0. The molecule has 5 nitrogen and oxygen atoms in total. The zero-order valence-corrected chi connectivity index (χ0v) is 10.8. The van der Waals surface area contributed by atoms with Crippen molar-refractivity contribution in [1.82, 2.24) is 0 Å². The number of carbonyl (C=O) groups is 3. The van der Waals surface area contributed by atoms with Gasteiger partial charge in [0.15, 0.2) is 5.78 Å². The average molecular weight is 263 g/mol. The minimum absolute atomic E-state index is 0.0904. The van der Waals surface area contributed by atoms with Crippen LogP contribution in [0.2, 0.25) is 0 Å². The first kappa shape index (κ1) is 15.0. The van der Waals surface area contributed by atoms with Gasteiger partial charge in [-0.05, 0) is 5.56 Å². The molecule has 0 bridgehead atoms. The predicted octanol–water partition coefficient (Wildman–Crippen LogP) is -0.859. The molecule has 0 aliphatic rings. The van der Waals surface area contributed by atoms with Gasteiger partial charge in [-0.3, -0.25) is 9.59 Å². The van der Waals surface area contributed by atoms with Crippen molar-refractivity contribution in [3.05, 3.63) is 35.4 Å². The van der Waals surface area contributed by atoms with E-state index in [0.29, 0.717) is 12.0 Å². The largest absolute Gasteiger partial charge is 0.544 e. The van der Waals surface area contributed by atoms with Crippen molar-refractivity contribution in [3.8, 4) is 0 Å². The molecule has 0 aliphatic carbocycles. The van der Waals surface area contributed by atoms with Crippen LogP contribution in [0.5, 0.6) is 0 Å². The molecule has 0 heterocycles. The van der Waals surface area contributed by atoms with Crippen LogP contribution in [0.25, 0.3) is 0 Å². The maximum absolute atomic E-state index is 11.7. The van der Waals surface area contributed by atoms with Gasteiger partial charge in [-0.15, -0.1) is 0 Å². The second kappa shape index (κ2) is 6.80. The van der Waals surface area contributed by atoms with Gasteiger partial charge in [0.25, 0.3) is 0 Å². The lowest BCUT2D eigenvalue weighted by Gasteiger charge is -2.09. The van der Waals surface area contributed by atoms with Gasteiger partial charge >= 0.3 is 0 Å². The Balaban J connectivity index is 2.68. The first-order chi connectivity index (χ1) is 8.93. The molecular formula is C14H17NO4. The van der Waals surface area contributed by atoms with Gasteiger partial charge < -0.3 is 15.6 Å². The fraction of sp³-hybridized carbons (Fsp3) is 0.357. The molecule has 1 aromatic rings. The highest BCUT2D eigenvalue weighted by atomic mass is 16.4. The van der Waals surface area contributed by atoms with Crippen molar-refractivity contribution in [2.24, 2.45) is 0 Å². The van der Waals surface area contributed by atoms with Crippen molar-refractivity contribution in [3.63, 3.8) is 0 Å². The van der Waals surface area contributed by atoms with Gasteiger partial charge in [0.2, 0.25) is 0 Å². The van der Waals surface area contributed by atoms with E-state index in [1.807, 2.05) is 0 Å². The van der Waals surface area contributed by atoms with Crippen LogP contribution < -0.4 is 10.8 Å². The highest BCUT2D eigenvalue weighted by Crippen LogP contribution is 2.09. The second-order valence-corrected chi connectivity index (χ2v) is 4.41. The van der Waals surface area contributed by atoms with Crippen LogP contribution in [0.4, 0.5) is 0 Å². The van der Waals surface area contributed by atoms with Crippen molar-refractivity contribution in [2.45, 2.75) is 32.2 Å². The number of benzene rings is 1. The second-order valence-electron chi connectivity index (χ2n) is 4.41. The number of carboxylic acid groups (broad SMARTS) is 1. The number of hydrogen-bond acceptors (Lipinski definition) is 4. The van der Waals surface area contributed by atoms with Crippen molar-refractivity contribution < 1.29 is 25.2 Å². The Morgan fingerprint density at radius 2 is 1.79 bits per heavy atom. The minimum atomic E-state index is -1.20. The molecule has 1 atom stereocenters. The number of ketones is 2. The monoisotopic (exact) mass is 263 g/mol. The molecule has 1 rings (SSSR count). The Morgan fingerprint density at radius 3 is 2.26 bits per heavy atom. The van der Waals surface area contributed by atoms with Crippen LogP contribution in [-0.4, -0.2) is 23.6 Å². The summed E-state index contributed by atoms with van der Waals surface area (Å²) in [5.41, 5.74) is 4.69. The van der Waals surface area contributed by atoms with Gasteiger partial charge in [-0.25, -0.2) is 0 Å². The van der Waals surface area contributed by atoms with E-state index < -0.39 is 12.0 Å². The molecule has 0 aliphatic heterocycles. The van der Waals surface area contributed by atoms with Gasteiger partial charge in [-0.1, -0.05) is 31.2 Å².